The van der Waals surface area contributed by atoms with Crippen molar-refractivity contribution in [3.05, 3.63) is 29.6 Å². The number of nitrogens with zero attached hydrogens (tertiary/aromatic N) is 1. The lowest BCUT2D eigenvalue weighted by molar-refractivity contribution is 0.151. The summed E-state index contributed by atoms with van der Waals surface area (Å²) in [7, 11) is 0. The first-order chi connectivity index (χ1) is 8.46. The number of nitrogens with one attached hydrogen (secondary N) is 1. The molecule has 0 bridgehead atoms. The van der Waals surface area contributed by atoms with E-state index in [0.717, 1.165) is 12.5 Å². The van der Waals surface area contributed by atoms with Gasteiger partial charge in [-0.3, -0.25) is 4.98 Å². The van der Waals surface area contributed by atoms with Gasteiger partial charge in [0.15, 0.2) is 0 Å². The molecule has 0 spiro atoms. The number of aryl methyl sites for hydroxylation is 1. The SMILES string of the molecule is Cc1ccncc1CNC1CC(C)CC(C)(C)C1. The van der Waals surface area contributed by atoms with E-state index in [0.29, 0.717) is 11.5 Å². The number of rotatable bonds is 3. The van der Waals surface area contributed by atoms with Crippen LogP contribution in [0.5, 0.6) is 0 Å². The fraction of sp³-hybridized carbons (Fsp3) is 0.688. The van der Waals surface area contributed by atoms with E-state index in [9.17, 15) is 0 Å². The van der Waals surface area contributed by atoms with Gasteiger partial charge in [0.25, 0.3) is 0 Å². The van der Waals surface area contributed by atoms with E-state index in [-0.39, 0.29) is 0 Å². The van der Waals surface area contributed by atoms with Crippen molar-refractivity contribution in [2.45, 2.75) is 59.5 Å². The molecule has 2 rings (SSSR count). The first-order valence-electron chi connectivity index (χ1n) is 7.09. The van der Waals surface area contributed by atoms with Crippen molar-refractivity contribution in [1.29, 1.82) is 0 Å². The molecule has 2 atom stereocenters. The van der Waals surface area contributed by atoms with Crippen molar-refractivity contribution in [2.75, 3.05) is 0 Å². The number of aromatic nitrogens is 1. The Morgan fingerprint density at radius 1 is 1.39 bits per heavy atom. The van der Waals surface area contributed by atoms with Gasteiger partial charge in [0.05, 0.1) is 0 Å². The smallest absolute Gasteiger partial charge is 0.0315 e. The van der Waals surface area contributed by atoms with Gasteiger partial charge in [-0.25, -0.2) is 0 Å². The van der Waals surface area contributed by atoms with Crippen molar-refractivity contribution in [3.63, 3.8) is 0 Å². The Morgan fingerprint density at radius 2 is 2.17 bits per heavy atom. The average Bonchev–Trinajstić information content (AvgIpc) is 2.25. The van der Waals surface area contributed by atoms with Gasteiger partial charge in [-0.15, -0.1) is 0 Å². The lowest BCUT2D eigenvalue weighted by Crippen LogP contribution is -2.39. The summed E-state index contributed by atoms with van der Waals surface area (Å²) in [4.78, 5) is 4.21. The maximum absolute atomic E-state index is 4.21. The van der Waals surface area contributed by atoms with Gasteiger partial charge >= 0.3 is 0 Å². The molecule has 0 radical (unpaired) electrons. The Bertz CT molecular complexity index is 398. The van der Waals surface area contributed by atoms with Crippen molar-refractivity contribution in [3.8, 4) is 0 Å². The summed E-state index contributed by atoms with van der Waals surface area (Å²) >= 11 is 0. The predicted molar refractivity (Wildman–Crippen MR) is 76.4 cm³/mol. The Labute approximate surface area is 111 Å². The van der Waals surface area contributed by atoms with E-state index in [4.69, 9.17) is 0 Å². The predicted octanol–water partition coefficient (Wildman–Crippen LogP) is 3.69. The molecule has 1 aliphatic carbocycles. The molecule has 1 heterocycles. The molecule has 2 heteroatoms. The Hall–Kier alpha value is -0.890. The van der Waals surface area contributed by atoms with Gasteiger partial charge in [-0.2, -0.15) is 0 Å². The van der Waals surface area contributed by atoms with Crippen molar-refractivity contribution in [2.24, 2.45) is 11.3 Å². The molecule has 0 aliphatic heterocycles. The monoisotopic (exact) mass is 246 g/mol. The zero-order valence-corrected chi connectivity index (χ0v) is 12.2. The number of pyridine rings is 1. The molecule has 100 valence electrons. The summed E-state index contributed by atoms with van der Waals surface area (Å²) < 4.78 is 0. The highest BCUT2D eigenvalue weighted by Gasteiger charge is 2.31. The summed E-state index contributed by atoms with van der Waals surface area (Å²) in [5.74, 6) is 0.834. The first-order valence-corrected chi connectivity index (χ1v) is 7.09. The fourth-order valence-electron chi connectivity index (χ4n) is 3.44. The first kappa shape index (κ1) is 13.5. The van der Waals surface area contributed by atoms with Crippen LogP contribution < -0.4 is 5.32 Å². The zero-order valence-electron chi connectivity index (χ0n) is 12.2. The van der Waals surface area contributed by atoms with Crippen LogP contribution in [0.25, 0.3) is 0 Å². The second kappa shape index (κ2) is 5.40. The Morgan fingerprint density at radius 3 is 2.83 bits per heavy atom. The normalized spacial score (nSPS) is 27.1. The molecule has 0 saturated heterocycles. The van der Waals surface area contributed by atoms with Crippen molar-refractivity contribution in [1.82, 2.24) is 10.3 Å². The van der Waals surface area contributed by atoms with Crippen LogP contribution >= 0.6 is 0 Å². The quantitative estimate of drug-likeness (QED) is 0.879. The maximum atomic E-state index is 4.21. The van der Waals surface area contributed by atoms with Gasteiger partial charge in [0.2, 0.25) is 0 Å². The van der Waals surface area contributed by atoms with E-state index < -0.39 is 0 Å². The Kier molecular flexibility index (Phi) is 4.06. The summed E-state index contributed by atoms with van der Waals surface area (Å²) in [6.45, 7) is 10.3. The van der Waals surface area contributed by atoms with Crippen LogP contribution in [0.3, 0.4) is 0 Å². The largest absolute Gasteiger partial charge is 0.310 e. The van der Waals surface area contributed by atoms with Crippen LogP contribution in [0, 0.1) is 18.3 Å². The molecule has 0 aromatic carbocycles. The highest BCUT2D eigenvalue weighted by molar-refractivity contribution is 5.21. The molecule has 18 heavy (non-hydrogen) atoms. The third-order valence-electron chi connectivity index (χ3n) is 4.12. The number of hydrogen-bond acceptors (Lipinski definition) is 2. The molecular weight excluding hydrogens is 220 g/mol. The zero-order chi connectivity index (χ0) is 13.2. The van der Waals surface area contributed by atoms with Crippen molar-refractivity contribution >= 4 is 0 Å². The molecule has 1 aliphatic rings. The van der Waals surface area contributed by atoms with Crippen LogP contribution in [-0.2, 0) is 6.54 Å². The fourth-order valence-corrected chi connectivity index (χ4v) is 3.44. The van der Waals surface area contributed by atoms with Crippen LogP contribution in [0.4, 0.5) is 0 Å². The second-order valence-corrected chi connectivity index (χ2v) is 6.79. The third-order valence-corrected chi connectivity index (χ3v) is 4.12. The molecule has 1 N–H and O–H groups in total. The lowest BCUT2D eigenvalue weighted by Gasteiger charge is -2.39. The highest BCUT2D eigenvalue weighted by atomic mass is 14.9. The Balaban J connectivity index is 1.92. The van der Waals surface area contributed by atoms with E-state index in [1.807, 2.05) is 12.4 Å². The molecule has 2 nitrogen and oxygen atoms in total. The molecule has 1 saturated carbocycles. The van der Waals surface area contributed by atoms with Crippen LogP contribution in [0.15, 0.2) is 18.5 Å². The summed E-state index contributed by atoms with van der Waals surface area (Å²) in [5.41, 5.74) is 3.15. The van der Waals surface area contributed by atoms with E-state index in [1.165, 1.54) is 30.4 Å². The van der Waals surface area contributed by atoms with Gasteiger partial charge in [-0.1, -0.05) is 20.8 Å². The van der Waals surface area contributed by atoms with Crippen LogP contribution in [-0.4, -0.2) is 11.0 Å². The van der Waals surface area contributed by atoms with E-state index in [1.54, 1.807) is 0 Å². The topological polar surface area (TPSA) is 24.9 Å². The minimum Gasteiger partial charge on any atom is -0.310 e. The van der Waals surface area contributed by atoms with Crippen LogP contribution in [0.2, 0.25) is 0 Å². The summed E-state index contributed by atoms with van der Waals surface area (Å²) in [6, 6.07) is 2.74. The second-order valence-electron chi connectivity index (χ2n) is 6.79. The summed E-state index contributed by atoms with van der Waals surface area (Å²) in [6.07, 6.45) is 7.81. The standard InChI is InChI=1S/C16H26N2/c1-12-7-15(9-16(3,4)8-12)18-11-14-10-17-6-5-13(14)2/h5-6,10,12,15,18H,7-9,11H2,1-4H3. The van der Waals surface area contributed by atoms with Crippen molar-refractivity contribution < 1.29 is 0 Å². The lowest BCUT2D eigenvalue weighted by atomic mass is 9.70. The van der Waals surface area contributed by atoms with Gasteiger partial charge in [0.1, 0.15) is 0 Å². The molecular formula is C16H26N2. The van der Waals surface area contributed by atoms with Gasteiger partial charge in [0, 0.05) is 25.0 Å². The van der Waals surface area contributed by atoms with E-state index in [2.05, 4.69) is 44.1 Å². The summed E-state index contributed by atoms with van der Waals surface area (Å²) in [5, 5.41) is 3.72. The molecule has 1 aromatic heterocycles. The van der Waals surface area contributed by atoms with Gasteiger partial charge in [-0.05, 0) is 54.7 Å². The van der Waals surface area contributed by atoms with Gasteiger partial charge < -0.3 is 5.32 Å². The third kappa shape index (κ3) is 3.55. The number of hydrogen-bond donors (Lipinski definition) is 1. The maximum Gasteiger partial charge on any atom is 0.0315 e. The minimum atomic E-state index is 0.485. The average molecular weight is 246 g/mol. The molecule has 1 aromatic rings. The molecule has 2 unspecified atom stereocenters. The molecule has 1 fully saturated rings. The highest BCUT2D eigenvalue weighted by Crippen LogP contribution is 2.38. The molecule has 0 amide bonds. The van der Waals surface area contributed by atoms with Crippen LogP contribution in [0.1, 0.15) is 51.2 Å². The van der Waals surface area contributed by atoms with E-state index >= 15 is 0 Å². The minimum absolute atomic E-state index is 0.485.